The van der Waals surface area contributed by atoms with Crippen LogP contribution in [0.2, 0.25) is 0 Å². The molecule has 0 saturated carbocycles. The van der Waals surface area contributed by atoms with Gasteiger partial charge in [-0.25, -0.2) is 9.18 Å². The van der Waals surface area contributed by atoms with E-state index in [1.54, 1.807) is 36.9 Å². The second-order valence-electron chi connectivity index (χ2n) is 7.34. The number of phenols is 1. The predicted molar refractivity (Wildman–Crippen MR) is 125 cm³/mol. The molecule has 0 spiro atoms. The smallest absolute Gasteiger partial charge is 0.358 e. The molecule has 0 atom stereocenters. The molecule has 1 heterocycles. The average molecular weight is 467 g/mol. The summed E-state index contributed by atoms with van der Waals surface area (Å²) in [6.45, 7) is 2.48. The number of halogens is 1. The second kappa shape index (κ2) is 9.95. The molecule has 0 aliphatic carbocycles. The third-order valence-electron chi connectivity index (χ3n) is 5.09. The topological polar surface area (TPSA) is 73.6 Å². The molecule has 33 heavy (non-hydrogen) atoms. The first-order chi connectivity index (χ1) is 16.0. The number of methoxy groups -OCH3 is 1. The molecule has 0 amide bonds. The van der Waals surface area contributed by atoms with Crippen molar-refractivity contribution in [1.29, 1.82) is 0 Å². The summed E-state index contributed by atoms with van der Waals surface area (Å²) in [7, 11) is 1.61. The van der Waals surface area contributed by atoms with Gasteiger partial charge in [-0.05, 0) is 66.4 Å². The van der Waals surface area contributed by atoms with Crippen molar-refractivity contribution in [3.63, 3.8) is 0 Å². The molecule has 0 fully saturated rings. The summed E-state index contributed by atoms with van der Waals surface area (Å²) >= 11 is 1.46. The fraction of sp³-hybridized carbons (Fsp3) is 0.200. The molecular weight excluding hydrogens is 443 g/mol. The van der Waals surface area contributed by atoms with Gasteiger partial charge in [0.1, 0.15) is 17.3 Å². The first-order valence-electron chi connectivity index (χ1n) is 10.4. The SMILES string of the molecule is CCOC(=O)c1cc(CSc2cc(O)c3ccc(F)cc3c2)n(Cc2ccc(OC)cc2)n1. The summed E-state index contributed by atoms with van der Waals surface area (Å²) in [5.41, 5.74) is 2.06. The Labute approximate surface area is 194 Å². The summed E-state index contributed by atoms with van der Waals surface area (Å²) in [6, 6.07) is 17.1. The van der Waals surface area contributed by atoms with Gasteiger partial charge in [0, 0.05) is 21.7 Å². The number of nitrogens with zero attached hydrogens (tertiary/aromatic N) is 2. The molecule has 4 aromatic rings. The summed E-state index contributed by atoms with van der Waals surface area (Å²) in [5.74, 6) is 0.503. The lowest BCUT2D eigenvalue weighted by Gasteiger charge is -2.09. The summed E-state index contributed by atoms with van der Waals surface area (Å²) < 4.78 is 25.7. The van der Waals surface area contributed by atoms with Crippen LogP contribution in [-0.4, -0.2) is 34.6 Å². The lowest BCUT2D eigenvalue weighted by atomic mass is 10.1. The van der Waals surface area contributed by atoms with Gasteiger partial charge in [0.25, 0.3) is 0 Å². The van der Waals surface area contributed by atoms with E-state index in [1.807, 2.05) is 30.3 Å². The summed E-state index contributed by atoms with van der Waals surface area (Å²) in [6.07, 6.45) is 0. The molecule has 0 unspecified atom stereocenters. The Bertz CT molecular complexity index is 1290. The molecule has 0 saturated heterocycles. The quantitative estimate of drug-likeness (QED) is 0.277. The number of fused-ring (bicyclic) bond motifs is 1. The highest BCUT2D eigenvalue weighted by Crippen LogP contribution is 2.33. The Morgan fingerprint density at radius 2 is 1.91 bits per heavy atom. The Balaban J connectivity index is 1.60. The molecule has 3 aromatic carbocycles. The van der Waals surface area contributed by atoms with Crippen LogP contribution >= 0.6 is 11.8 Å². The normalized spacial score (nSPS) is 11.0. The predicted octanol–water partition coefficient (Wildman–Crippen LogP) is 5.41. The van der Waals surface area contributed by atoms with E-state index < -0.39 is 5.97 Å². The van der Waals surface area contributed by atoms with Crippen LogP contribution < -0.4 is 4.74 Å². The first-order valence-corrected chi connectivity index (χ1v) is 11.4. The Morgan fingerprint density at radius 3 is 2.64 bits per heavy atom. The number of hydrogen-bond donors (Lipinski definition) is 1. The molecule has 8 heteroatoms. The standard InChI is InChI=1S/C25H23FN2O4S/c1-3-32-25(30)23-12-19(28(27-23)14-16-4-7-20(31-2)8-5-16)15-33-21-11-17-10-18(26)6-9-22(17)24(29)13-21/h4-13,29H,3,14-15H2,1-2H3. The van der Waals surface area contributed by atoms with Gasteiger partial charge >= 0.3 is 5.97 Å². The number of benzene rings is 3. The van der Waals surface area contributed by atoms with Crippen LogP contribution in [0.15, 0.2) is 65.6 Å². The lowest BCUT2D eigenvalue weighted by molar-refractivity contribution is 0.0518. The van der Waals surface area contributed by atoms with E-state index in [2.05, 4.69) is 5.10 Å². The van der Waals surface area contributed by atoms with E-state index in [0.717, 1.165) is 21.9 Å². The van der Waals surface area contributed by atoms with Crippen molar-refractivity contribution in [3.05, 3.63) is 83.4 Å². The maximum absolute atomic E-state index is 13.6. The summed E-state index contributed by atoms with van der Waals surface area (Å²) in [5, 5.41) is 16.0. The largest absolute Gasteiger partial charge is 0.507 e. The average Bonchev–Trinajstić information content (AvgIpc) is 3.21. The van der Waals surface area contributed by atoms with Crippen LogP contribution in [0.4, 0.5) is 4.39 Å². The maximum Gasteiger partial charge on any atom is 0.358 e. The van der Waals surface area contributed by atoms with Gasteiger partial charge in [-0.2, -0.15) is 5.10 Å². The molecule has 1 N–H and O–H groups in total. The number of phenolic OH excluding ortho intramolecular Hbond substituents is 1. The Morgan fingerprint density at radius 1 is 1.12 bits per heavy atom. The number of hydrogen-bond acceptors (Lipinski definition) is 6. The van der Waals surface area contributed by atoms with Crippen LogP contribution in [0, 0.1) is 5.82 Å². The van der Waals surface area contributed by atoms with Gasteiger partial charge in [-0.1, -0.05) is 12.1 Å². The highest BCUT2D eigenvalue weighted by Gasteiger charge is 2.16. The van der Waals surface area contributed by atoms with Crippen molar-refractivity contribution in [2.75, 3.05) is 13.7 Å². The fourth-order valence-corrected chi connectivity index (χ4v) is 4.40. The number of aromatic hydroxyl groups is 1. The van der Waals surface area contributed by atoms with Crippen molar-refractivity contribution in [1.82, 2.24) is 9.78 Å². The number of esters is 1. The maximum atomic E-state index is 13.6. The van der Waals surface area contributed by atoms with Crippen LogP contribution in [-0.2, 0) is 17.0 Å². The van der Waals surface area contributed by atoms with Crippen LogP contribution in [0.5, 0.6) is 11.5 Å². The van der Waals surface area contributed by atoms with E-state index in [-0.39, 0.29) is 23.9 Å². The van der Waals surface area contributed by atoms with Gasteiger partial charge in [0.05, 0.1) is 20.3 Å². The monoisotopic (exact) mass is 466 g/mol. The van der Waals surface area contributed by atoms with Gasteiger partial charge < -0.3 is 14.6 Å². The zero-order chi connectivity index (χ0) is 23.4. The molecule has 0 bridgehead atoms. The van der Waals surface area contributed by atoms with Crippen molar-refractivity contribution < 1.29 is 23.8 Å². The van der Waals surface area contributed by atoms with Crippen LogP contribution in [0.25, 0.3) is 10.8 Å². The molecule has 0 radical (unpaired) electrons. The van der Waals surface area contributed by atoms with Crippen LogP contribution in [0.1, 0.15) is 28.7 Å². The minimum Gasteiger partial charge on any atom is -0.507 e. The highest BCUT2D eigenvalue weighted by atomic mass is 32.2. The van der Waals surface area contributed by atoms with E-state index >= 15 is 0 Å². The van der Waals surface area contributed by atoms with E-state index in [1.165, 1.54) is 23.9 Å². The Kier molecular flexibility index (Phi) is 6.84. The van der Waals surface area contributed by atoms with Gasteiger partial charge in [-0.3, -0.25) is 4.68 Å². The van der Waals surface area contributed by atoms with Crippen molar-refractivity contribution in [2.45, 2.75) is 24.1 Å². The zero-order valence-electron chi connectivity index (χ0n) is 18.2. The van der Waals surface area contributed by atoms with E-state index in [4.69, 9.17) is 9.47 Å². The number of carbonyl (C=O) groups excluding carboxylic acids is 1. The minimum atomic E-state index is -0.476. The van der Waals surface area contributed by atoms with Crippen molar-refractivity contribution in [2.24, 2.45) is 0 Å². The molecule has 170 valence electrons. The highest BCUT2D eigenvalue weighted by molar-refractivity contribution is 7.98. The molecule has 1 aromatic heterocycles. The fourth-order valence-electron chi connectivity index (χ4n) is 3.45. The van der Waals surface area contributed by atoms with Gasteiger partial charge in [0.2, 0.25) is 0 Å². The summed E-state index contributed by atoms with van der Waals surface area (Å²) in [4.78, 5) is 13.0. The third kappa shape index (κ3) is 5.28. The lowest BCUT2D eigenvalue weighted by Crippen LogP contribution is -2.09. The molecule has 0 aliphatic rings. The molecule has 0 aliphatic heterocycles. The van der Waals surface area contributed by atoms with E-state index in [9.17, 15) is 14.3 Å². The minimum absolute atomic E-state index is 0.0916. The van der Waals surface area contributed by atoms with E-state index in [0.29, 0.717) is 23.1 Å². The zero-order valence-corrected chi connectivity index (χ0v) is 19.1. The number of aromatic nitrogens is 2. The molecular formula is C25H23FN2O4S. The second-order valence-corrected chi connectivity index (χ2v) is 8.39. The number of ether oxygens (including phenoxy) is 2. The first kappa shape index (κ1) is 22.7. The third-order valence-corrected chi connectivity index (χ3v) is 6.10. The number of carbonyl (C=O) groups is 1. The van der Waals surface area contributed by atoms with Crippen molar-refractivity contribution >= 4 is 28.5 Å². The van der Waals surface area contributed by atoms with Crippen LogP contribution in [0.3, 0.4) is 0 Å². The number of thioether (sulfide) groups is 1. The van der Waals surface area contributed by atoms with Gasteiger partial charge in [0.15, 0.2) is 5.69 Å². The van der Waals surface area contributed by atoms with Gasteiger partial charge in [-0.15, -0.1) is 11.8 Å². The van der Waals surface area contributed by atoms with Crippen molar-refractivity contribution in [3.8, 4) is 11.5 Å². The Hall–Kier alpha value is -3.52. The molecule has 6 nitrogen and oxygen atoms in total. The molecule has 4 rings (SSSR count). The number of rotatable bonds is 8.